The molecule has 0 atom stereocenters. The number of alkyl halides is 2. The summed E-state index contributed by atoms with van der Waals surface area (Å²) in [5.74, 6) is -1.79. The van der Waals surface area contributed by atoms with Crippen molar-refractivity contribution in [2.45, 2.75) is 18.8 Å². The van der Waals surface area contributed by atoms with Gasteiger partial charge in [-0.3, -0.25) is 0 Å². The Morgan fingerprint density at radius 2 is 2.15 bits per heavy atom. The Bertz CT molecular complexity index is 611. The van der Waals surface area contributed by atoms with Crippen molar-refractivity contribution < 1.29 is 8.78 Å². The van der Waals surface area contributed by atoms with Gasteiger partial charge in [0.25, 0.3) is 5.92 Å². The molecule has 0 aromatic carbocycles. The number of aromatic nitrogens is 5. The lowest BCUT2D eigenvalue weighted by molar-refractivity contribution is -0.0120. The lowest BCUT2D eigenvalue weighted by Crippen LogP contribution is -2.43. The predicted molar refractivity (Wildman–Crippen MR) is 68.4 cm³/mol. The van der Waals surface area contributed by atoms with Gasteiger partial charge in [-0.1, -0.05) is 0 Å². The third-order valence-electron chi connectivity index (χ3n) is 3.26. The Kier molecular flexibility index (Phi) is 3.07. The first-order valence-corrected chi connectivity index (χ1v) is 6.35. The summed E-state index contributed by atoms with van der Waals surface area (Å²) < 4.78 is 28.5. The summed E-state index contributed by atoms with van der Waals surface area (Å²) in [6, 6.07) is 1.69. The lowest BCUT2D eigenvalue weighted by atomic mass is 10.1. The second-order valence-corrected chi connectivity index (χ2v) is 4.83. The zero-order valence-electron chi connectivity index (χ0n) is 11.0. The molecule has 2 aromatic heterocycles. The molecule has 8 heteroatoms. The molecule has 0 bridgehead atoms. The summed E-state index contributed by atoms with van der Waals surface area (Å²) in [7, 11) is 1.75. The third kappa shape index (κ3) is 2.45. The molecule has 3 rings (SSSR count). The molecule has 20 heavy (non-hydrogen) atoms. The summed E-state index contributed by atoms with van der Waals surface area (Å²) >= 11 is 0. The van der Waals surface area contributed by atoms with Crippen LogP contribution < -0.4 is 4.90 Å². The average molecular weight is 280 g/mol. The molecule has 1 aliphatic heterocycles. The number of hydrogen-bond donors (Lipinski definition) is 0. The van der Waals surface area contributed by atoms with Crippen LogP contribution in [-0.4, -0.2) is 43.7 Å². The van der Waals surface area contributed by atoms with Gasteiger partial charge >= 0.3 is 0 Å². The largest absolute Gasteiger partial charge is 0.335 e. The van der Waals surface area contributed by atoms with Gasteiger partial charge in [0.1, 0.15) is 12.0 Å². The molecular weight excluding hydrogens is 266 g/mol. The van der Waals surface area contributed by atoms with Gasteiger partial charge in [-0.25, -0.2) is 28.4 Å². The third-order valence-corrected chi connectivity index (χ3v) is 3.26. The van der Waals surface area contributed by atoms with Gasteiger partial charge in [0.15, 0.2) is 5.82 Å². The van der Waals surface area contributed by atoms with Crippen LogP contribution in [0.1, 0.15) is 12.8 Å². The second kappa shape index (κ2) is 4.77. The molecule has 2 aromatic rings. The Labute approximate surface area is 114 Å². The number of piperidine rings is 1. The maximum absolute atomic E-state index is 13.5. The van der Waals surface area contributed by atoms with Crippen molar-refractivity contribution >= 4 is 5.95 Å². The van der Waals surface area contributed by atoms with Gasteiger partial charge < -0.3 is 4.90 Å². The first kappa shape index (κ1) is 12.9. The minimum absolute atomic E-state index is 0.0769. The molecule has 0 radical (unpaired) electrons. The molecule has 3 heterocycles. The van der Waals surface area contributed by atoms with Crippen LogP contribution in [0, 0.1) is 0 Å². The minimum atomic E-state index is -2.68. The highest BCUT2D eigenvalue weighted by molar-refractivity contribution is 5.51. The van der Waals surface area contributed by atoms with Crippen LogP contribution in [0.3, 0.4) is 0 Å². The van der Waals surface area contributed by atoms with Gasteiger partial charge in [0.05, 0.1) is 6.54 Å². The average Bonchev–Trinajstić information content (AvgIpc) is 2.84. The Hall–Kier alpha value is -2.12. The fourth-order valence-electron chi connectivity index (χ4n) is 2.29. The molecule has 1 fully saturated rings. The van der Waals surface area contributed by atoms with Gasteiger partial charge in [0, 0.05) is 26.2 Å². The highest BCUT2D eigenvalue weighted by Crippen LogP contribution is 2.28. The molecule has 0 N–H and O–H groups in total. The molecule has 1 saturated heterocycles. The number of halogens is 2. The van der Waals surface area contributed by atoms with Crippen LogP contribution >= 0.6 is 0 Å². The number of aryl methyl sites for hydroxylation is 1. The van der Waals surface area contributed by atoms with E-state index in [0.717, 1.165) is 0 Å². The first-order valence-electron chi connectivity index (χ1n) is 6.35. The zero-order chi connectivity index (χ0) is 14.2. The van der Waals surface area contributed by atoms with Crippen molar-refractivity contribution in [1.29, 1.82) is 0 Å². The van der Waals surface area contributed by atoms with E-state index in [1.54, 1.807) is 24.0 Å². The Morgan fingerprint density at radius 1 is 1.30 bits per heavy atom. The van der Waals surface area contributed by atoms with Crippen LogP contribution in [0.25, 0.3) is 11.5 Å². The van der Waals surface area contributed by atoms with E-state index in [1.165, 1.54) is 11.2 Å². The van der Waals surface area contributed by atoms with Crippen LogP contribution in [-0.2, 0) is 7.05 Å². The maximum Gasteiger partial charge on any atom is 0.265 e. The number of rotatable bonds is 2. The molecule has 0 saturated carbocycles. The van der Waals surface area contributed by atoms with E-state index in [9.17, 15) is 8.78 Å². The molecule has 0 amide bonds. The van der Waals surface area contributed by atoms with Crippen molar-refractivity contribution in [2.24, 2.45) is 7.05 Å². The standard InChI is InChI=1S/C12H14F2N6/c1-19-10(16-8-17-19)9-3-5-15-11(18-9)20-6-2-4-12(13,14)7-20/h3,5,8H,2,4,6-7H2,1H3. The SMILES string of the molecule is Cn1ncnc1-c1ccnc(N2CCCC(F)(F)C2)n1. The smallest absolute Gasteiger partial charge is 0.265 e. The summed E-state index contributed by atoms with van der Waals surface area (Å²) in [6.07, 6.45) is 3.34. The van der Waals surface area contributed by atoms with E-state index in [-0.39, 0.29) is 13.0 Å². The first-order chi connectivity index (χ1) is 9.55. The quantitative estimate of drug-likeness (QED) is 0.834. The van der Waals surface area contributed by atoms with E-state index >= 15 is 0 Å². The van der Waals surface area contributed by atoms with Crippen LogP contribution in [0.2, 0.25) is 0 Å². The minimum Gasteiger partial charge on any atom is -0.335 e. The van der Waals surface area contributed by atoms with Crippen LogP contribution in [0.5, 0.6) is 0 Å². The molecule has 1 aliphatic rings. The lowest BCUT2D eigenvalue weighted by Gasteiger charge is -2.32. The Balaban J connectivity index is 1.90. The van der Waals surface area contributed by atoms with E-state index < -0.39 is 5.92 Å². The predicted octanol–water partition coefficient (Wildman–Crippen LogP) is 1.51. The topological polar surface area (TPSA) is 59.7 Å². The van der Waals surface area contributed by atoms with Gasteiger partial charge in [-0.15, -0.1) is 0 Å². The van der Waals surface area contributed by atoms with Crippen molar-refractivity contribution in [3.05, 3.63) is 18.6 Å². The van der Waals surface area contributed by atoms with E-state index in [2.05, 4.69) is 20.1 Å². The number of nitrogens with zero attached hydrogens (tertiary/aromatic N) is 6. The van der Waals surface area contributed by atoms with E-state index in [1.807, 2.05) is 0 Å². The summed E-state index contributed by atoms with van der Waals surface area (Å²) in [6.45, 7) is 0.202. The summed E-state index contributed by atoms with van der Waals surface area (Å²) in [5, 5.41) is 3.97. The molecule has 6 nitrogen and oxygen atoms in total. The van der Waals surface area contributed by atoms with E-state index in [0.29, 0.717) is 30.4 Å². The van der Waals surface area contributed by atoms with E-state index in [4.69, 9.17) is 0 Å². The number of hydrogen-bond acceptors (Lipinski definition) is 5. The van der Waals surface area contributed by atoms with Gasteiger partial charge in [-0.05, 0) is 12.5 Å². The summed E-state index contributed by atoms with van der Waals surface area (Å²) in [4.78, 5) is 14.0. The van der Waals surface area contributed by atoms with Crippen molar-refractivity contribution in [1.82, 2.24) is 24.7 Å². The van der Waals surface area contributed by atoms with Gasteiger partial charge in [-0.2, -0.15) is 5.10 Å². The van der Waals surface area contributed by atoms with Crippen LogP contribution in [0.15, 0.2) is 18.6 Å². The summed E-state index contributed by atoms with van der Waals surface area (Å²) in [5.41, 5.74) is 0.573. The highest BCUT2D eigenvalue weighted by atomic mass is 19.3. The second-order valence-electron chi connectivity index (χ2n) is 4.83. The van der Waals surface area contributed by atoms with Crippen molar-refractivity contribution in [3.63, 3.8) is 0 Å². The molecule has 0 unspecified atom stereocenters. The molecular formula is C12H14F2N6. The monoisotopic (exact) mass is 280 g/mol. The zero-order valence-corrected chi connectivity index (χ0v) is 11.0. The van der Waals surface area contributed by atoms with Gasteiger partial charge in [0.2, 0.25) is 5.95 Å². The van der Waals surface area contributed by atoms with Crippen molar-refractivity contribution in [2.75, 3.05) is 18.0 Å². The Morgan fingerprint density at radius 3 is 2.85 bits per heavy atom. The maximum atomic E-state index is 13.5. The highest BCUT2D eigenvalue weighted by Gasteiger charge is 2.36. The number of anilines is 1. The fourth-order valence-corrected chi connectivity index (χ4v) is 2.29. The molecule has 106 valence electrons. The molecule has 0 spiro atoms. The van der Waals surface area contributed by atoms with Crippen molar-refractivity contribution in [3.8, 4) is 11.5 Å². The normalized spacial score (nSPS) is 18.2. The van der Waals surface area contributed by atoms with Crippen LogP contribution in [0.4, 0.5) is 14.7 Å². The molecule has 0 aliphatic carbocycles. The fraction of sp³-hybridized carbons (Fsp3) is 0.500.